The maximum Gasteiger partial charge on any atom is 0.269 e. The van der Waals surface area contributed by atoms with Crippen molar-refractivity contribution in [1.82, 2.24) is 9.55 Å². The Balaban J connectivity index is 1.77. The van der Waals surface area contributed by atoms with E-state index in [2.05, 4.69) is 11.1 Å². The van der Waals surface area contributed by atoms with Gasteiger partial charge >= 0.3 is 0 Å². The number of benzene rings is 1. The molecule has 2 heterocycles. The summed E-state index contributed by atoms with van der Waals surface area (Å²) in [6.07, 6.45) is 3.82. The van der Waals surface area contributed by atoms with E-state index in [1.165, 1.54) is 12.6 Å². The van der Waals surface area contributed by atoms with Gasteiger partial charge in [-0.15, -0.1) is 0 Å². The van der Waals surface area contributed by atoms with Crippen molar-refractivity contribution in [1.29, 1.82) is 5.26 Å². The Labute approximate surface area is 121 Å². The van der Waals surface area contributed by atoms with Crippen LogP contribution in [-0.2, 0) is 11.3 Å². The molecule has 2 fully saturated rings. The van der Waals surface area contributed by atoms with Crippen molar-refractivity contribution in [3.63, 3.8) is 0 Å². The monoisotopic (exact) mass is 281 g/mol. The molecule has 0 spiro atoms. The normalized spacial score (nSPS) is 27.1. The minimum atomic E-state index is -0.135. The molecule has 4 rings (SSSR count). The third-order valence-electron chi connectivity index (χ3n) is 4.61. The highest BCUT2D eigenvalue weighted by atomic mass is 16.5. The van der Waals surface area contributed by atoms with Crippen LogP contribution in [0.3, 0.4) is 0 Å². The molecule has 2 aliphatic rings. The fourth-order valence-electron chi connectivity index (χ4n) is 3.34. The molecule has 21 heavy (non-hydrogen) atoms. The Hall–Kier alpha value is -2.19. The van der Waals surface area contributed by atoms with Gasteiger partial charge in [0, 0.05) is 6.61 Å². The molecule has 5 heteroatoms. The molecule has 1 aliphatic heterocycles. The third-order valence-corrected chi connectivity index (χ3v) is 4.61. The second kappa shape index (κ2) is 4.68. The number of hydrogen-bond donors (Lipinski definition) is 0. The molecule has 0 bridgehead atoms. The van der Waals surface area contributed by atoms with E-state index >= 15 is 0 Å². The van der Waals surface area contributed by atoms with Gasteiger partial charge in [0.25, 0.3) is 5.56 Å². The standard InChI is InChI=1S/C16H15N3O2/c17-7-10-1-2-13-14(5-10)19(16(20)8-18-13)9-15-12-6-11(12)3-4-21-15/h1-2,5,8,11-12,15H,3-4,6,9H2. The van der Waals surface area contributed by atoms with Gasteiger partial charge in [0.05, 0.1) is 41.5 Å². The summed E-state index contributed by atoms with van der Waals surface area (Å²) < 4.78 is 7.55. The van der Waals surface area contributed by atoms with Crippen LogP contribution in [0.5, 0.6) is 0 Å². The van der Waals surface area contributed by atoms with E-state index in [0.29, 0.717) is 23.5 Å². The Kier molecular flexibility index (Phi) is 2.79. The Morgan fingerprint density at radius 1 is 1.48 bits per heavy atom. The topological polar surface area (TPSA) is 67.9 Å². The summed E-state index contributed by atoms with van der Waals surface area (Å²) in [5.41, 5.74) is 1.85. The molecule has 2 aromatic rings. The van der Waals surface area contributed by atoms with Crippen molar-refractivity contribution in [2.75, 3.05) is 6.61 Å². The average Bonchev–Trinajstić information content (AvgIpc) is 3.30. The second-order valence-electron chi connectivity index (χ2n) is 5.88. The summed E-state index contributed by atoms with van der Waals surface area (Å²) in [5.74, 6) is 1.37. The van der Waals surface area contributed by atoms with Crippen molar-refractivity contribution in [3.8, 4) is 6.07 Å². The summed E-state index contributed by atoms with van der Waals surface area (Å²) in [6, 6.07) is 7.35. The van der Waals surface area contributed by atoms with Crippen molar-refractivity contribution >= 4 is 11.0 Å². The van der Waals surface area contributed by atoms with Crippen molar-refractivity contribution in [2.24, 2.45) is 11.8 Å². The van der Waals surface area contributed by atoms with Gasteiger partial charge < -0.3 is 9.30 Å². The van der Waals surface area contributed by atoms with Crippen molar-refractivity contribution in [2.45, 2.75) is 25.5 Å². The maximum atomic E-state index is 12.2. The van der Waals surface area contributed by atoms with Gasteiger partial charge in [-0.25, -0.2) is 4.98 Å². The van der Waals surface area contributed by atoms with Crippen LogP contribution in [0, 0.1) is 23.2 Å². The van der Waals surface area contributed by atoms with Gasteiger partial charge in [-0.05, 0) is 42.9 Å². The van der Waals surface area contributed by atoms with Crippen LogP contribution in [-0.4, -0.2) is 22.3 Å². The van der Waals surface area contributed by atoms with E-state index in [1.54, 1.807) is 22.8 Å². The number of rotatable bonds is 2. The van der Waals surface area contributed by atoms with Gasteiger partial charge in [-0.1, -0.05) is 0 Å². The molecular formula is C16H15N3O2. The zero-order valence-corrected chi connectivity index (χ0v) is 11.5. The van der Waals surface area contributed by atoms with Crippen LogP contribution in [0.15, 0.2) is 29.2 Å². The minimum absolute atomic E-state index is 0.109. The summed E-state index contributed by atoms with van der Waals surface area (Å²) in [4.78, 5) is 16.3. The molecule has 1 aromatic heterocycles. The molecule has 0 N–H and O–H groups in total. The Morgan fingerprint density at radius 3 is 3.24 bits per heavy atom. The molecule has 3 unspecified atom stereocenters. The van der Waals surface area contributed by atoms with E-state index in [0.717, 1.165) is 24.5 Å². The van der Waals surface area contributed by atoms with Crippen LogP contribution in [0.4, 0.5) is 0 Å². The van der Waals surface area contributed by atoms with Gasteiger partial charge in [0.15, 0.2) is 0 Å². The van der Waals surface area contributed by atoms with Gasteiger partial charge in [-0.3, -0.25) is 4.79 Å². The van der Waals surface area contributed by atoms with E-state index < -0.39 is 0 Å². The van der Waals surface area contributed by atoms with Crippen molar-refractivity contribution < 1.29 is 4.74 Å². The molecule has 0 amide bonds. The predicted molar refractivity (Wildman–Crippen MR) is 76.7 cm³/mol. The number of nitriles is 1. The van der Waals surface area contributed by atoms with Crippen LogP contribution in [0.25, 0.3) is 11.0 Å². The van der Waals surface area contributed by atoms with Gasteiger partial charge in [-0.2, -0.15) is 5.26 Å². The lowest BCUT2D eigenvalue weighted by Crippen LogP contribution is -2.32. The lowest BCUT2D eigenvalue weighted by Gasteiger charge is -2.23. The summed E-state index contributed by atoms with van der Waals surface area (Å²) in [6.45, 7) is 1.33. The van der Waals surface area contributed by atoms with E-state index in [4.69, 9.17) is 10.00 Å². The minimum Gasteiger partial charge on any atom is -0.376 e. The third kappa shape index (κ3) is 2.12. The molecule has 1 saturated heterocycles. The molecule has 0 radical (unpaired) electrons. The van der Waals surface area contributed by atoms with Crippen molar-refractivity contribution in [3.05, 3.63) is 40.3 Å². The Bertz CT molecular complexity index is 805. The first-order valence-corrected chi connectivity index (χ1v) is 7.27. The molecule has 1 aromatic carbocycles. The molecule has 1 saturated carbocycles. The molecule has 106 valence electrons. The first kappa shape index (κ1) is 12.5. The predicted octanol–water partition coefficient (Wildman–Crippen LogP) is 1.69. The maximum absolute atomic E-state index is 12.2. The first-order valence-electron chi connectivity index (χ1n) is 7.27. The average molecular weight is 281 g/mol. The van der Waals surface area contributed by atoms with Crippen LogP contribution >= 0.6 is 0 Å². The molecule has 3 atom stereocenters. The quantitative estimate of drug-likeness (QED) is 0.840. The number of hydrogen-bond acceptors (Lipinski definition) is 4. The zero-order chi connectivity index (χ0) is 14.4. The summed E-state index contributed by atoms with van der Waals surface area (Å²) in [7, 11) is 0. The molecule has 5 nitrogen and oxygen atoms in total. The first-order chi connectivity index (χ1) is 10.3. The number of fused-ring (bicyclic) bond motifs is 2. The number of nitrogens with zero attached hydrogens (tertiary/aromatic N) is 3. The molecular weight excluding hydrogens is 266 g/mol. The zero-order valence-electron chi connectivity index (χ0n) is 11.5. The van der Waals surface area contributed by atoms with Gasteiger partial charge in [0.1, 0.15) is 0 Å². The highest BCUT2D eigenvalue weighted by Crippen LogP contribution is 2.48. The lowest BCUT2D eigenvalue weighted by atomic mass is 10.1. The largest absolute Gasteiger partial charge is 0.376 e. The highest BCUT2D eigenvalue weighted by molar-refractivity contribution is 5.76. The Morgan fingerprint density at radius 2 is 2.38 bits per heavy atom. The van der Waals surface area contributed by atoms with E-state index in [-0.39, 0.29) is 11.7 Å². The van der Waals surface area contributed by atoms with E-state index in [1.807, 2.05) is 0 Å². The number of ether oxygens (including phenoxy) is 1. The van der Waals surface area contributed by atoms with E-state index in [9.17, 15) is 4.79 Å². The SMILES string of the molecule is N#Cc1ccc2ncc(=O)n(CC3OCCC4CC43)c2c1. The fourth-order valence-corrected chi connectivity index (χ4v) is 3.34. The second-order valence-corrected chi connectivity index (χ2v) is 5.88. The van der Waals surface area contributed by atoms with Crippen LogP contribution in [0.2, 0.25) is 0 Å². The molecule has 1 aliphatic carbocycles. The van der Waals surface area contributed by atoms with Crippen LogP contribution < -0.4 is 5.56 Å². The smallest absolute Gasteiger partial charge is 0.269 e. The highest BCUT2D eigenvalue weighted by Gasteiger charge is 2.46. The van der Waals surface area contributed by atoms with Crippen LogP contribution in [0.1, 0.15) is 18.4 Å². The summed E-state index contributed by atoms with van der Waals surface area (Å²) >= 11 is 0. The summed E-state index contributed by atoms with van der Waals surface area (Å²) in [5, 5.41) is 9.04. The number of aromatic nitrogens is 2. The van der Waals surface area contributed by atoms with Gasteiger partial charge in [0.2, 0.25) is 0 Å². The fraction of sp³-hybridized carbons (Fsp3) is 0.438. The lowest BCUT2D eigenvalue weighted by molar-refractivity contribution is -0.00297.